The van der Waals surface area contributed by atoms with Crippen LogP contribution in [0.5, 0.6) is 11.5 Å². The molecule has 3 aromatic carbocycles. The van der Waals surface area contributed by atoms with Crippen LogP contribution in [0, 0.1) is 11.6 Å². The van der Waals surface area contributed by atoms with E-state index in [0.29, 0.717) is 18.9 Å². The first-order chi connectivity index (χ1) is 16.5. The first-order valence-electron chi connectivity index (χ1n) is 11.4. The van der Waals surface area contributed by atoms with Gasteiger partial charge in [0.05, 0.1) is 13.7 Å². The Bertz CT molecular complexity index is 1010. The molecule has 5 nitrogen and oxygen atoms in total. The molecule has 180 valence electrons. The van der Waals surface area contributed by atoms with Gasteiger partial charge in [0.15, 0.2) is 0 Å². The molecule has 7 heteroatoms. The highest BCUT2D eigenvalue weighted by Gasteiger charge is 2.20. The summed E-state index contributed by atoms with van der Waals surface area (Å²) in [6.45, 7) is 5.54. The Morgan fingerprint density at radius 1 is 0.824 bits per heavy atom. The minimum Gasteiger partial charge on any atom is -0.507 e. The lowest BCUT2D eigenvalue weighted by Gasteiger charge is -2.35. The molecule has 0 atom stereocenters. The lowest BCUT2D eigenvalue weighted by molar-refractivity contribution is 0.0441. The summed E-state index contributed by atoms with van der Waals surface area (Å²) in [7, 11) is 1.58. The molecule has 3 aromatic rings. The predicted octanol–water partition coefficient (Wildman–Crippen LogP) is 4.60. The number of methoxy groups -OCH3 is 1. The van der Waals surface area contributed by atoms with Crippen molar-refractivity contribution >= 4 is 0 Å². The third-order valence-corrected chi connectivity index (χ3v) is 6.19. The Kier molecular flexibility index (Phi) is 8.11. The van der Waals surface area contributed by atoms with Crippen LogP contribution >= 0.6 is 0 Å². The summed E-state index contributed by atoms with van der Waals surface area (Å²) in [6, 6.07) is 17.9. The number of halogens is 2. The molecule has 0 bridgehead atoms. The lowest BCUT2D eigenvalue weighted by atomic mass is 10.0. The number of rotatable bonds is 9. The number of hydrogen-bond acceptors (Lipinski definition) is 5. The van der Waals surface area contributed by atoms with Gasteiger partial charge in [-0.2, -0.15) is 0 Å². The summed E-state index contributed by atoms with van der Waals surface area (Å²) in [5, 5.41) is 10.2. The van der Waals surface area contributed by atoms with Gasteiger partial charge in [-0.05, 0) is 41.5 Å². The molecule has 0 saturated carbocycles. The fourth-order valence-corrected chi connectivity index (χ4v) is 4.18. The number of phenolic OH excluding ortho intramolecular Hbond substituents is 1. The molecular weight excluding hydrogens is 438 g/mol. The second-order valence-electron chi connectivity index (χ2n) is 8.47. The topological polar surface area (TPSA) is 45.2 Å². The van der Waals surface area contributed by atoms with Crippen molar-refractivity contribution < 1.29 is 23.4 Å². The molecule has 0 amide bonds. The predicted molar refractivity (Wildman–Crippen MR) is 127 cm³/mol. The Morgan fingerprint density at radius 3 is 1.91 bits per heavy atom. The maximum absolute atomic E-state index is 13.4. The third kappa shape index (κ3) is 6.32. The molecule has 0 spiro atoms. The Morgan fingerprint density at radius 2 is 1.38 bits per heavy atom. The molecule has 1 heterocycles. The average molecular weight is 469 g/mol. The van der Waals surface area contributed by atoms with E-state index in [1.807, 2.05) is 12.1 Å². The van der Waals surface area contributed by atoms with E-state index >= 15 is 0 Å². The first kappa shape index (κ1) is 24.1. The summed E-state index contributed by atoms with van der Waals surface area (Å²) >= 11 is 0. The molecule has 0 unspecified atom stereocenters. The van der Waals surface area contributed by atoms with Crippen LogP contribution in [0.1, 0.15) is 22.8 Å². The number of nitrogens with zero attached hydrogens (tertiary/aromatic N) is 2. The summed E-state index contributed by atoms with van der Waals surface area (Å²) in [6.07, 6.45) is -0.388. The molecular formula is C27H30F2N2O3. The van der Waals surface area contributed by atoms with Crippen LogP contribution in [0.2, 0.25) is 0 Å². The second kappa shape index (κ2) is 11.4. The Labute approximate surface area is 199 Å². The summed E-state index contributed by atoms with van der Waals surface area (Å²) in [4.78, 5) is 4.66. The fraction of sp³-hybridized carbons (Fsp3) is 0.333. The van der Waals surface area contributed by atoms with E-state index < -0.39 is 0 Å². The van der Waals surface area contributed by atoms with Crippen molar-refractivity contribution in [3.63, 3.8) is 0 Å². The third-order valence-electron chi connectivity index (χ3n) is 6.19. The van der Waals surface area contributed by atoms with Gasteiger partial charge in [0, 0.05) is 50.9 Å². The number of aromatic hydroxyl groups is 1. The molecule has 1 N–H and O–H groups in total. The van der Waals surface area contributed by atoms with E-state index in [1.165, 1.54) is 24.3 Å². The maximum atomic E-state index is 13.4. The van der Waals surface area contributed by atoms with Gasteiger partial charge in [-0.1, -0.05) is 30.3 Å². The highest BCUT2D eigenvalue weighted by molar-refractivity contribution is 5.39. The number of benzene rings is 3. The number of phenols is 1. The molecule has 0 aromatic heterocycles. The first-order valence-corrected chi connectivity index (χ1v) is 11.4. The van der Waals surface area contributed by atoms with Crippen molar-refractivity contribution in [2.24, 2.45) is 0 Å². The van der Waals surface area contributed by atoms with Gasteiger partial charge in [-0.3, -0.25) is 9.80 Å². The van der Waals surface area contributed by atoms with Gasteiger partial charge >= 0.3 is 0 Å². The monoisotopic (exact) mass is 468 g/mol. The van der Waals surface area contributed by atoms with E-state index in [9.17, 15) is 13.9 Å². The largest absolute Gasteiger partial charge is 0.507 e. The molecule has 1 fully saturated rings. The van der Waals surface area contributed by atoms with Gasteiger partial charge in [0.2, 0.25) is 0 Å². The fourth-order valence-electron chi connectivity index (χ4n) is 4.18. The highest BCUT2D eigenvalue weighted by atomic mass is 19.1. The summed E-state index contributed by atoms with van der Waals surface area (Å²) in [5.74, 6) is 0.290. The number of ether oxygens (including phenoxy) is 2. The van der Waals surface area contributed by atoms with Crippen LogP contribution in [-0.4, -0.2) is 61.3 Å². The number of piperazine rings is 1. The van der Waals surface area contributed by atoms with Crippen LogP contribution < -0.4 is 4.74 Å². The zero-order valence-electron chi connectivity index (χ0n) is 19.3. The smallest absolute Gasteiger partial charge is 0.123 e. The minimum atomic E-state index is -0.388. The summed E-state index contributed by atoms with van der Waals surface area (Å²) in [5.41, 5.74) is 2.55. The zero-order valence-corrected chi connectivity index (χ0v) is 19.3. The standard InChI is InChI=1S/C27H30F2N2O3/c1-33-25-11-6-22(26(32)18-25)19-31-14-12-30(13-15-31)16-17-34-27(20-2-7-23(28)8-3-20)21-4-9-24(29)10-5-21/h2-11,18,27,32H,12-17,19H2,1H3. The van der Waals surface area contributed by atoms with E-state index in [1.54, 1.807) is 37.4 Å². The molecule has 0 radical (unpaired) electrons. The van der Waals surface area contributed by atoms with Crippen molar-refractivity contribution in [1.29, 1.82) is 0 Å². The van der Waals surface area contributed by atoms with Crippen LogP contribution in [-0.2, 0) is 11.3 Å². The van der Waals surface area contributed by atoms with Gasteiger partial charge in [0.25, 0.3) is 0 Å². The van der Waals surface area contributed by atoms with Crippen LogP contribution in [0.3, 0.4) is 0 Å². The zero-order chi connectivity index (χ0) is 23.9. The Balaban J connectivity index is 1.29. The Hall–Kier alpha value is -3.00. The molecule has 1 saturated heterocycles. The van der Waals surface area contributed by atoms with Crippen LogP contribution in [0.25, 0.3) is 0 Å². The molecule has 1 aliphatic rings. The minimum absolute atomic E-state index is 0.253. The van der Waals surface area contributed by atoms with Gasteiger partial charge in [-0.25, -0.2) is 8.78 Å². The van der Waals surface area contributed by atoms with E-state index in [0.717, 1.165) is 49.4 Å². The lowest BCUT2D eigenvalue weighted by Crippen LogP contribution is -2.46. The summed E-state index contributed by atoms with van der Waals surface area (Å²) < 4.78 is 38.2. The van der Waals surface area contributed by atoms with Gasteiger partial charge < -0.3 is 14.6 Å². The van der Waals surface area contributed by atoms with Gasteiger partial charge in [0.1, 0.15) is 29.2 Å². The van der Waals surface area contributed by atoms with Crippen molar-refractivity contribution in [1.82, 2.24) is 9.80 Å². The van der Waals surface area contributed by atoms with Crippen molar-refractivity contribution in [2.45, 2.75) is 12.6 Å². The average Bonchev–Trinajstić information content (AvgIpc) is 2.85. The molecule has 34 heavy (non-hydrogen) atoms. The van der Waals surface area contributed by atoms with E-state index in [-0.39, 0.29) is 23.5 Å². The van der Waals surface area contributed by atoms with Crippen molar-refractivity contribution in [3.8, 4) is 11.5 Å². The normalized spacial score (nSPS) is 15.1. The molecule has 1 aliphatic heterocycles. The van der Waals surface area contributed by atoms with Crippen molar-refractivity contribution in [2.75, 3.05) is 46.4 Å². The van der Waals surface area contributed by atoms with Crippen LogP contribution in [0.15, 0.2) is 66.7 Å². The van der Waals surface area contributed by atoms with Gasteiger partial charge in [-0.15, -0.1) is 0 Å². The van der Waals surface area contributed by atoms with Crippen LogP contribution in [0.4, 0.5) is 8.78 Å². The quantitative estimate of drug-likeness (QED) is 0.497. The molecule has 4 rings (SSSR count). The number of hydrogen-bond donors (Lipinski definition) is 1. The van der Waals surface area contributed by atoms with Crippen molar-refractivity contribution in [3.05, 3.63) is 95.1 Å². The SMILES string of the molecule is COc1ccc(CN2CCN(CCOC(c3ccc(F)cc3)c3ccc(F)cc3)CC2)c(O)c1. The van der Waals surface area contributed by atoms with E-state index in [4.69, 9.17) is 9.47 Å². The maximum Gasteiger partial charge on any atom is 0.123 e. The molecule has 0 aliphatic carbocycles. The highest BCUT2D eigenvalue weighted by Crippen LogP contribution is 2.27. The second-order valence-corrected chi connectivity index (χ2v) is 8.47. The van der Waals surface area contributed by atoms with E-state index in [2.05, 4.69) is 9.80 Å².